The number of pyridine rings is 1. The molecule has 1 aromatic carbocycles. The molecule has 1 aliphatic rings. The van der Waals surface area contributed by atoms with Gasteiger partial charge in [0.15, 0.2) is 0 Å². The molecule has 0 radical (unpaired) electrons. The molecule has 178 valence electrons. The van der Waals surface area contributed by atoms with Crippen LogP contribution in [0.2, 0.25) is 0 Å². The molecule has 6 nitrogen and oxygen atoms in total. The van der Waals surface area contributed by atoms with Crippen LogP contribution in [0.1, 0.15) is 67.2 Å². The van der Waals surface area contributed by atoms with Gasteiger partial charge < -0.3 is 19.4 Å². The molecule has 0 spiro atoms. The van der Waals surface area contributed by atoms with Gasteiger partial charge in [0.2, 0.25) is 0 Å². The molecule has 0 saturated heterocycles. The number of aryl methyl sites for hydroxylation is 1. The number of fused-ring (bicyclic) bond motifs is 1. The van der Waals surface area contributed by atoms with Crippen LogP contribution in [0.5, 0.6) is 0 Å². The van der Waals surface area contributed by atoms with Crippen LogP contribution in [0, 0.1) is 13.8 Å². The Bertz CT molecular complexity index is 1250. The fourth-order valence-corrected chi connectivity index (χ4v) is 5.46. The molecule has 1 unspecified atom stereocenters. The highest BCUT2D eigenvalue weighted by Crippen LogP contribution is 2.41. The van der Waals surface area contributed by atoms with Crippen molar-refractivity contribution in [2.75, 3.05) is 12.3 Å². The van der Waals surface area contributed by atoms with Crippen LogP contribution in [-0.2, 0) is 18.1 Å². The summed E-state index contributed by atoms with van der Waals surface area (Å²) in [6, 6.07) is 7.23. The molecule has 2 aromatic heterocycles. The Labute approximate surface area is 198 Å². The molecule has 3 aromatic rings. The van der Waals surface area contributed by atoms with Gasteiger partial charge in [0, 0.05) is 47.1 Å². The Kier molecular flexibility index (Phi) is 6.93. The number of H-pyrrole nitrogens is 1. The first kappa shape index (κ1) is 23.9. The summed E-state index contributed by atoms with van der Waals surface area (Å²) in [6.07, 6.45) is 4.78. The summed E-state index contributed by atoms with van der Waals surface area (Å²) in [7, 11) is 1.81. The van der Waals surface area contributed by atoms with Crippen molar-refractivity contribution in [3.8, 4) is 11.3 Å². The number of benzene rings is 1. The fourth-order valence-electron chi connectivity index (χ4n) is 5.08. The summed E-state index contributed by atoms with van der Waals surface area (Å²) in [5, 5.41) is 4.74. The van der Waals surface area contributed by atoms with E-state index in [1.54, 1.807) is 4.57 Å². The van der Waals surface area contributed by atoms with E-state index in [9.17, 15) is 13.6 Å². The Morgan fingerprint density at radius 2 is 1.97 bits per heavy atom. The van der Waals surface area contributed by atoms with Gasteiger partial charge in [-0.05, 0) is 80.3 Å². The minimum Gasteiger partial charge on any atom is -0.772 e. The van der Waals surface area contributed by atoms with Crippen LogP contribution in [0.3, 0.4) is 0 Å². The first-order valence-electron chi connectivity index (χ1n) is 11.8. The summed E-state index contributed by atoms with van der Waals surface area (Å²) in [6.45, 7) is 9.13. The van der Waals surface area contributed by atoms with Crippen molar-refractivity contribution in [1.29, 1.82) is 0 Å². The van der Waals surface area contributed by atoms with Crippen LogP contribution in [0.4, 0.5) is 0 Å². The Morgan fingerprint density at radius 1 is 1.24 bits per heavy atom. The standard InChI is InChI=1S/C26H35N3O3S/c1-15(2)24-21-13-18(19-11-20(12-19)27-9-6-10-33(31)32)7-8-23(21)28-25(24)22-14-29(5)26(30)17(4)16(22)3/h7-8,13-15,19-20,27-28H,6,9-12H2,1-5H3,(H,31,32)/p-1. The maximum absolute atomic E-state index is 12.4. The van der Waals surface area contributed by atoms with E-state index < -0.39 is 11.1 Å². The van der Waals surface area contributed by atoms with Crippen LogP contribution >= 0.6 is 0 Å². The molecular formula is C26H34N3O3S-. The van der Waals surface area contributed by atoms with Crippen LogP contribution < -0.4 is 10.9 Å². The molecule has 2 N–H and O–H groups in total. The van der Waals surface area contributed by atoms with Gasteiger partial charge in [-0.2, -0.15) is 0 Å². The molecule has 1 aliphatic carbocycles. The van der Waals surface area contributed by atoms with E-state index in [0.717, 1.165) is 47.3 Å². The zero-order chi connectivity index (χ0) is 23.9. The highest BCUT2D eigenvalue weighted by atomic mass is 32.2. The van der Waals surface area contributed by atoms with Crippen molar-refractivity contribution in [3.63, 3.8) is 0 Å². The third-order valence-corrected chi connectivity index (χ3v) is 7.79. The van der Waals surface area contributed by atoms with Gasteiger partial charge in [-0.1, -0.05) is 31.0 Å². The second-order valence-corrected chi connectivity index (χ2v) is 10.8. The van der Waals surface area contributed by atoms with E-state index in [0.29, 0.717) is 24.3 Å². The SMILES string of the molecule is Cc1c(-c2[nH]c3ccc(C4CC(NCCCS(=O)[O-])C4)cc3c2C(C)C)cn(C)c(=O)c1C. The average Bonchev–Trinajstić information content (AvgIpc) is 3.11. The van der Waals surface area contributed by atoms with Crippen molar-refractivity contribution in [2.24, 2.45) is 7.05 Å². The molecule has 7 heteroatoms. The van der Waals surface area contributed by atoms with Crippen molar-refractivity contribution in [3.05, 3.63) is 57.0 Å². The first-order valence-corrected chi connectivity index (χ1v) is 13.0. The number of hydrogen-bond donors (Lipinski definition) is 2. The lowest BCUT2D eigenvalue weighted by Gasteiger charge is -2.36. The highest BCUT2D eigenvalue weighted by molar-refractivity contribution is 7.79. The van der Waals surface area contributed by atoms with Crippen LogP contribution in [-0.4, -0.2) is 36.7 Å². The smallest absolute Gasteiger partial charge is 0.253 e. The van der Waals surface area contributed by atoms with E-state index in [1.165, 1.54) is 16.5 Å². The molecule has 1 fully saturated rings. The maximum atomic E-state index is 12.4. The number of aromatic nitrogens is 2. The van der Waals surface area contributed by atoms with Gasteiger partial charge >= 0.3 is 0 Å². The predicted molar refractivity (Wildman–Crippen MR) is 135 cm³/mol. The molecule has 0 amide bonds. The number of nitrogens with one attached hydrogen (secondary N) is 2. The molecular weight excluding hydrogens is 434 g/mol. The summed E-state index contributed by atoms with van der Waals surface area (Å²) >= 11 is -1.95. The van der Waals surface area contributed by atoms with Gasteiger partial charge in [-0.25, -0.2) is 0 Å². The first-order chi connectivity index (χ1) is 15.7. The summed E-state index contributed by atoms with van der Waals surface area (Å²) in [5.74, 6) is 1.09. The number of hydrogen-bond acceptors (Lipinski definition) is 4. The van der Waals surface area contributed by atoms with E-state index in [2.05, 4.69) is 42.3 Å². The van der Waals surface area contributed by atoms with Crippen LogP contribution in [0.15, 0.2) is 29.2 Å². The second-order valence-electron chi connectivity index (χ2n) is 9.76. The minimum atomic E-state index is -1.95. The molecule has 1 saturated carbocycles. The quantitative estimate of drug-likeness (QED) is 0.379. The van der Waals surface area contributed by atoms with Gasteiger partial charge in [-0.15, -0.1) is 0 Å². The normalized spacial score (nSPS) is 19.2. The largest absolute Gasteiger partial charge is 0.772 e. The molecule has 0 bridgehead atoms. The topological polar surface area (TPSA) is 89.9 Å². The lowest BCUT2D eigenvalue weighted by atomic mass is 9.75. The monoisotopic (exact) mass is 468 g/mol. The third kappa shape index (κ3) is 4.72. The van der Waals surface area contributed by atoms with Gasteiger partial charge in [0.1, 0.15) is 0 Å². The van der Waals surface area contributed by atoms with Crippen molar-refractivity contribution in [2.45, 2.75) is 64.8 Å². The average molecular weight is 469 g/mol. The van der Waals surface area contributed by atoms with Crippen molar-refractivity contribution in [1.82, 2.24) is 14.9 Å². The lowest BCUT2D eigenvalue weighted by Crippen LogP contribution is -2.40. The zero-order valence-electron chi connectivity index (χ0n) is 20.2. The number of aromatic amines is 1. The zero-order valence-corrected chi connectivity index (χ0v) is 21.0. The van der Waals surface area contributed by atoms with E-state index in [4.69, 9.17) is 0 Å². The summed E-state index contributed by atoms with van der Waals surface area (Å²) < 4.78 is 23.0. The second kappa shape index (κ2) is 9.57. The van der Waals surface area contributed by atoms with Gasteiger partial charge in [-0.3, -0.25) is 9.00 Å². The summed E-state index contributed by atoms with van der Waals surface area (Å²) in [5.41, 5.74) is 7.85. The number of rotatable bonds is 8. The third-order valence-electron chi connectivity index (χ3n) is 7.17. The molecule has 0 aliphatic heterocycles. The molecule has 1 atom stereocenters. The van der Waals surface area contributed by atoms with Crippen molar-refractivity contribution >= 4 is 22.0 Å². The Balaban J connectivity index is 1.60. The Hall–Kier alpha value is -2.22. The molecule has 33 heavy (non-hydrogen) atoms. The Morgan fingerprint density at radius 3 is 2.64 bits per heavy atom. The highest BCUT2D eigenvalue weighted by Gasteiger charge is 2.30. The number of nitrogens with zero attached hydrogens (tertiary/aromatic N) is 1. The van der Waals surface area contributed by atoms with Crippen molar-refractivity contribution < 1.29 is 8.76 Å². The van der Waals surface area contributed by atoms with E-state index >= 15 is 0 Å². The molecule has 2 heterocycles. The molecule has 4 rings (SSSR count). The minimum absolute atomic E-state index is 0.0511. The maximum Gasteiger partial charge on any atom is 0.253 e. The van der Waals surface area contributed by atoms with E-state index in [-0.39, 0.29) is 11.3 Å². The van der Waals surface area contributed by atoms with Crippen LogP contribution in [0.25, 0.3) is 22.2 Å². The summed E-state index contributed by atoms with van der Waals surface area (Å²) in [4.78, 5) is 16.0. The fraction of sp³-hybridized carbons (Fsp3) is 0.500. The predicted octanol–water partition coefficient (Wildman–Crippen LogP) is 4.38. The van der Waals surface area contributed by atoms with Gasteiger partial charge in [0.05, 0.1) is 5.69 Å². The van der Waals surface area contributed by atoms with Gasteiger partial charge in [0.25, 0.3) is 5.56 Å². The van der Waals surface area contributed by atoms with E-state index in [1.807, 2.05) is 27.1 Å². The lowest BCUT2D eigenvalue weighted by molar-refractivity contribution is 0.292.